The fourth-order valence-corrected chi connectivity index (χ4v) is 2.19. The number of rotatable bonds is 7. The van der Waals surface area contributed by atoms with Gasteiger partial charge in [0.25, 0.3) is 0 Å². The molecule has 1 atom stereocenters. The average Bonchev–Trinajstić information content (AvgIpc) is 2.35. The van der Waals surface area contributed by atoms with Crippen LogP contribution in [0.5, 0.6) is 0 Å². The van der Waals surface area contributed by atoms with Crippen molar-refractivity contribution in [3.63, 3.8) is 0 Å². The molecule has 1 unspecified atom stereocenters. The van der Waals surface area contributed by atoms with Gasteiger partial charge in [0.05, 0.1) is 6.54 Å². The van der Waals surface area contributed by atoms with Gasteiger partial charge in [0.1, 0.15) is 0 Å². The molecule has 1 rings (SSSR count). The van der Waals surface area contributed by atoms with Gasteiger partial charge in [-0.25, -0.2) is 0 Å². The van der Waals surface area contributed by atoms with E-state index < -0.39 is 0 Å². The molecule has 1 aromatic rings. The Hall–Kier alpha value is -0.910. The minimum atomic E-state index is -0.0104. The van der Waals surface area contributed by atoms with Crippen molar-refractivity contribution in [3.8, 4) is 0 Å². The minimum Gasteiger partial charge on any atom is -0.327 e. The molecule has 0 heterocycles. The first kappa shape index (κ1) is 17.1. The van der Waals surface area contributed by atoms with Crippen LogP contribution in [0.1, 0.15) is 20.3 Å². The summed E-state index contributed by atoms with van der Waals surface area (Å²) in [5.74, 6) is 0.461. The lowest BCUT2D eigenvalue weighted by Gasteiger charge is -2.20. The van der Waals surface area contributed by atoms with Crippen molar-refractivity contribution in [1.82, 2.24) is 4.90 Å². The van der Waals surface area contributed by atoms with Crippen molar-refractivity contribution in [2.45, 2.75) is 26.3 Å². The van der Waals surface area contributed by atoms with Crippen molar-refractivity contribution in [2.75, 3.05) is 25.5 Å². The highest BCUT2D eigenvalue weighted by molar-refractivity contribution is 9.10. The maximum atomic E-state index is 11.9. The average molecular weight is 342 g/mol. The lowest BCUT2D eigenvalue weighted by molar-refractivity contribution is -0.117. The molecule has 0 aliphatic heterocycles. The predicted octanol–water partition coefficient (Wildman–Crippen LogP) is 2.69. The number of amides is 1. The van der Waals surface area contributed by atoms with Crippen LogP contribution in [-0.2, 0) is 4.79 Å². The number of hydrogen-bond donors (Lipinski definition) is 2. The normalized spacial score (nSPS) is 12.8. The molecule has 0 aromatic heterocycles. The predicted molar refractivity (Wildman–Crippen MR) is 87.7 cm³/mol. The number of anilines is 1. The summed E-state index contributed by atoms with van der Waals surface area (Å²) in [6.45, 7) is 5.43. The Bertz CT molecular complexity index is 437. The smallest absolute Gasteiger partial charge is 0.238 e. The van der Waals surface area contributed by atoms with Gasteiger partial charge in [0.15, 0.2) is 0 Å². The Labute approximate surface area is 129 Å². The summed E-state index contributed by atoms with van der Waals surface area (Å²) >= 11 is 3.38. The van der Waals surface area contributed by atoms with Crippen molar-refractivity contribution in [3.05, 3.63) is 28.7 Å². The zero-order valence-electron chi connectivity index (χ0n) is 12.4. The highest BCUT2D eigenvalue weighted by atomic mass is 79.9. The molecule has 1 aromatic carbocycles. The number of benzene rings is 1. The van der Waals surface area contributed by atoms with E-state index in [4.69, 9.17) is 5.73 Å². The van der Waals surface area contributed by atoms with E-state index in [9.17, 15) is 4.79 Å². The van der Waals surface area contributed by atoms with E-state index in [-0.39, 0.29) is 11.9 Å². The molecule has 20 heavy (non-hydrogen) atoms. The van der Waals surface area contributed by atoms with Crippen LogP contribution in [0.2, 0.25) is 0 Å². The molecule has 4 nitrogen and oxygen atoms in total. The zero-order valence-corrected chi connectivity index (χ0v) is 14.0. The molecule has 0 spiro atoms. The van der Waals surface area contributed by atoms with Crippen LogP contribution in [0.4, 0.5) is 5.69 Å². The second-order valence-electron chi connectivity index (χ2n) is 5.49. The fraction of sp³-hybridized carbons (Fsp3) is 0.533. The number of nitrogens with two attached hydrogens (primary N) is 1. The quantitative estimate of drug-likeness (QED) is 0.801. The van der Waals surface area contributed by atoms with Crippen LogP contribution in [0, 0.1) is 5.92 Å². The van der Waals surface area contributed by atoms with E-state index in [1.54, 1.807) is 0 Å². The SMILES string of the molecule is CC(C)C(N)CCN(C)CC(=O)Nc1cccc(Br)c1. The molecule has 0 aliphatic carbocycles. The molecule has 0 radical (unpaired) electrons. The summed E-state index contributed by atoms with van der Waals surface area (Å²) in [4.78, 5) is 13.9. The second kappa shape index (κ2) is 8.39. The monoisotopic (exact) mass is 341 g/mol. The molecule has 0 bridgehead atoms. The number of nitrogens with zero attached hydrogens (tertiary/aromatic N) is 1. The van der Waals surface area contributed by atoms with E-state index >= 15 is 0 Å². The number of carbonyl (C=O) groups is 1. The lowest BCUT2D eigenvalue weighted by Crippen LogP contribution is -2.35. The first-order chi connectivity index (χ1) is 9.38. The third kappa shape index (κ3) is 6.50. The summed E-state index contributed by atoms with van der Waals surface area (Å²) in [6, 6.07) is 7.76. The van der Waals surface area contributed by atoms with Crippen LogP contribution in [0.25, 0.3) is 0 Å². The van der Waals surface area contributed by atoms with Gasteiger partial charge in [-0.3, -0.25) is 9.69 Å². The molecule has 3 N–H and O–H groups in total. The highest BCUT2D eigenvalue weighted by Gasteiger charge is 2.11. The summed E-state index contributed by atoms with van der Waals surface area (Å²) in [7, 11) is 1.94. The van der Waals surface area contributed by atoms with Crippen molar-refractivity contribution >= 4 is 27.5 Å². The molecule has 5 heteroatoms. The second-order valence-corrected chi connectivity index (χ2v) is 6.41. The van der Waals surface area contributed by atoms with Gasteiger partial charge in [0, 0.05) is 16.2 Å². The van der Waals surface area contributed by atoms with Crippen LogP contribution in [0.3, 0.4) is 0 Å². The summed E-state index contributed by atoms with van der Waals surface area (Å²) in [5, 5.41) is 2.88. The van der Waals surface area contributed by atoms with Crippen LogP contribution >= 0.6 is 15.9 Å². The van der Waals surface area contributed by atoms with Gasteiger partial charge in [-0.2, -0.15) is 0 Å². The fourth-order valence-electron chi connectivity index (χ4n) is 1.79. The first-order valence-electron chi connectivity index (χ1n) is 6.88. The van der Waals surface area contributed by atoms with E-state index in [0.717, 1.165) is 23.1 Å². The molecule has 0 saturated carbocycles. The Morgan fingerprint density at radius 3 is 2.75 bits per heavy atom. The van der Waals surface area contributed by atoms with Gasteiger partial charge < -0.3 is 11.1 Å². The summed E-state index contributed by atoms with van der Waals surface area (Å²) in [6.07, 6.45) is 0.901. The Morgan fingerprint density at radius 1 is 1.45 bits per heavy atom. The molecule has 112 valence electrons. The Kier molecular flexibility index (Phi) is 7.19. The summed E-state index contributed by atoms with van der Waals surface area (Å²) < 4.78 is 0.951. The van der Waals surface area contributed by atoms with E-state index in [0.29, 0.717) is 12.5 Å². The number of likely N-dealkylation sites (N-methyl/N-ethyl adjacent to an activating group) is 1. The largest absolute Gasteiger partial charge is 0.327 e. The van der Waals surface area contributed by atoms with Gasteiger partial charge in [-0.1, -0.05) is 35.8 Å². The number of hydrogen-bond acceptors (Lipinski definition) is 3. The zero-order chi connectivity index (χ0) is 15.1. The molecular formula is C15H24BrN3O. The lowest BCUT2D eigenvalue weighted by atomic mass is 10.0. The molecule has 0 aliphatic rings. The molecular weight excluding hydrogens is 318 g/mol. The van der Waals surface area contributed by atoms with Gasteiger partial charge in [0.2, 0.25) is 5.91 Å². The van der Waals surface area contributed by atoms with Crippen LogP contribution in [-0.4, -0.2) is 37.0 Å². The van der Waals surface area contributed by atoms with Crippen molar-refractivity contribution in [1.29, 1.82) is 0 Å². The topological polar surface area (TPSA) is 58.4 Å². The molecule has 0 fully saturated rings. The van der Waals surface area contributed by atoms with E-state index in [1.807, 2.05) is 36.2 Å². The Balaban J connectivity index is 2.35. The van der Waals surface area contributed by atoms with Crippen LogP contribution < -0.4 is 11.1 Å². The number of nitrogens with one attached hydrogen (secondary N) is 1. The third-order valence-corrected chi connectivity index (χ3v) is 3.72. The van der Waals surface area contributed by atoms with E-state index in [2.05, 4.69) is 35.1 Å². The van der Waals surface area contributed by atoms with Gasteiger partial charge >= 0.3 is 0 Å². The highest BCUT2D eigenvalue weighted by Crippen LogP contribution is 2.15. The standard InChI is InChI=1S/C15H24BrN3O/c1-11(2)14(17)7-8-19(3)10-15(20)18-13-6-4-5-12(16)9-13/h4-6,9,11,14H,7-8,10,17H2,1-3H3,(H,18,20). The van der Waals surface area contributed by atoms with Crippen molar-refractivity contribution in [2.24, 2.45) is 11.7 Å². The van der Waals surface area contributed by atoms with E-state index in [1.165, 1.54) is 0 Å². The number of halogens is 1. The van der Waals surface area contributed by atoms with Crippen molar-refractivity contribution < 1.29 is 4.79 Å². The Morgan fingerprint density at radius 2 is 2.15 bits per heavy atom. The molecule has 1 amide bonds. The van der Waals surface area contributed by atoms with Gasteiger partial charge in [-0.05, 0) is 44.1 Å². The number of carbonyl (C=O) groups excluding carboxylic acids is 1. The maximum Gasteiger partial charge on any atom is 0.238 e. The van der Waals surface area contributed by atoms with Crippen LogP contribution in [0.15, 0.2) is 28.7 Å². The maximum absolute atomic E-state index is 11.9. The first-order valence-corrected chi connectivity index (χ1v) is 7.67. The minimum absolute atomic E-state index is 0.0104. The molecule has 0 saturated heterocycles. The third-order valence-electron chi connectivity index (χ3n) is 3.22. The summed E-state index contributed by atoms with van der Waals surface area (Å²) in [5.41, 5.74) is 6.81. The van der Waals surface area contributed by atoms with Gasteiger partial charge in [-0.15, -0.1) is 0 Å².